The fourth-order valence-corrected chi connectivity index (χ4v) is 4.27. The second-order valence-corrected chi connectivity index (χ2v) is 7.44. The summed E-state index contributed by atoms with van der Waals surface area (Å²) in [7, 11) is 1.66. The molecule has 28 heavy (non-hydrogen) atoms. The summed E-state index contributed by atoms with van der Waals surface area (Å²) in [5.74, 6) is 2.21. The summed E-state index contributed by atoms with van der Waals surface area (Å²) >= 11 is 1.49. The number of anilines is 1. The van der Waals surface area contributed by atoms with Gasteiger partial charge in [-0.25, -0.2) is 9.97 Å². The molecule has 0 unspecified atom stereocenters. The molecule has 0 saturated heterocycles. The van der Waals surface area contributed by atoms with Crippen molar-refractivity contribution >= 4 is 28.6 Å². The zero-order valence-corrected chi connectivity index (χ0v) is 16.4. The van der Waals surface area contributed by atoms with Gasteiger partial charge in [0, 0.05) is 17.3 Å². The molecule has 2 aromatic rings. The van der Waals surface area contributed by atoms with Crippen molar-refractivity contribution in [2.45, 2.75) is 25.4 Å². The zero-order chi connectivity index (χ0) is 19.4. The zero-order valence-electron chi connectivity index (χ0n) is 15.6. The quantitative estimate of drug-likeness (QED) is 0.558. The Morgan fingerprint density at radius 2 is 2.07 bits per heavy atom. The number of fused-ring (bicyclic) bond motifs is 2. The maximum atomic E-state index is 6.20. The molecule has 2 N–H and O–H groups in total. The highest BCUT2D eigenvalue weighted by Crippen LogP contribution is 2.47. The lowest BCUT2D eigenvalue weighted by Crippen LogP contribution is -2.08. The van der Waals surface area contributed by atoms with E-state index >= 15 is 0 Å². The van der Waals surface area contributed by atoms with Crippen LogP contribution in [0.5, 0.6) is 11.6 Å². The molecule has 10 heteroatoms. The van der Waals surface area contributed by atoms with Gasteiger partial charge in [-0.05, 0) is 13.8 Å². The van der Waals surface area contributed by atoms with Crippen molar-refractivity contribution in [2.24, 2.45) is 0 Å². The average Bonchev–Trinajstić information content (AvgIpc) is 3.17. The topological polar surface area (TPSA) is 114 Å². The molecule has 5 heterocycles. The maximum absolute atomic E-state index is 6.20. The lowest BCUT2D eigenvalue weighted by Gasteiger charge is -2.12. The van der Waals surface area contributed by atoms with E-state index in [9.17, 15) is 0 Å². The minimum absolute atomic E-state index is 0.404. The van der Waals surface area contributed by atoms with Gasteiger partial charge in [0.05, 0.1) is 30.1 Å². The van der Waals surface area contributed by atoms with Gasteiger partial charge in [-0.1, -0.05) is 11.8 Å². The number of hydrogen-bond acceptors (Lipinski definition) is 9. The van der Waals surface area contributed by atoms with Gasteiger partial charge < -0.3 is 15.2 Å². The first-order chi connectivity index (χ1) is 13.6. The monoisotopic (exact) mass is 395 g/mol. The minimum Gasteiger partial charge on any atom is -0.496 e. The Labute approximate surface area is 164 Å². The van der Waals surface area contributed by atoms with Gasteiger partial charge in [0.2, 0.25) is 5.88 Å². The van der Waals surface area contributed by atoms with E-state index in [0.717, 1.165) is 38.7 Å². The third-order valence-electron chi connectivity index (χ3n) is 4.81. The number of nitrogens with two attached hydrogens (primary N) is 1. The van der Waals surface area contributed by atoms with Crippen molar-refractivity contribution in [3.05, 3.63) is 29.2 Å². The molecular formula is C18H17N7O2S. The minimum atomic E-state index is 0.404. The van der Waals surface area contributed by atoms with Crippen molar-refractivity contribution in [3.8, 4) is 22.8 Å². The predicted octanol–water partition coefficient (Wildman–Crippen LogP) is 2.42. The maximum Gasteiger partial charge on any atom is 0.225 e. The van der Waals surface area contributed by atoms with E-state index < -0.39 is 0 Å². The first kappa shape index (κ1) is 17.0. The molecule has 0 aliphatic carbocycles. The van der Waals surface area contributed by atoms with Gasteiger partial charge in [0.1, 0.15) is 40.1 Å². The lowest BCUT2D eigenvalue weighted by molar-refractivity contribution is 0.374. The predicted molar refractivity (Wildman–Crippen MR) is 105 cm³/mol. The van der Waals surface area contributed by atoms with Crippen LogP contribution in [0.25, 0.3) is 22.2 Å². The SMILES string of the molecule is COc1c(C)cnc(Cn2nc3cnc4c5c(nc(N)c-5c3n2)SCO4)c1C. The summed E-state index contributed by atoms with van der Waals surface area (Å²) in [6, 6.07) is 0. The number of thioether (sulfide) groups is 1. The summed E-state index contributed by atoms with van der Waals surface area (Å²) in [5, 5.41) is 10.1. The van der Waals surface area contributed by atoms with Crippen molar-refractivity contribution < 1.29 is 9.47 Å². The molecule has 0 atom stereocenters. The van der Waals surface area contributed by atoms with Crippen LogP contribution in [0.1, 0.15) is 16.8 Å². The Balaban J connectivity index is 1.64. The second-order valence-electron chi connectivity index (χ2n) is 6.53. The van der Waals surface area contributed by atoms with Crippen LogP contribution in [0.2, 0.25) is 0 Å². The molecule has 2 aromatic heterocycles. The van der Waals surface area contributed by atoms with Crippen molar-refractivity contribution in [1.82, 2.24) is 29.9 Å². The summed E-state index contributed by atoms with van der Waals surface area (Å²) in [5.41, 5.74) is 11.8. The Kier molecular flexibility index (Phi) is 3.76. The van der Waals surface area contributed by atoms with Gasteiger partial charge in [-0.2, -0.15) is 15.0 Å². The van der Waals surface area contributed by atoms with E-state index in [1.807, 2.05) is 13.8 Å². The fourth-order valence-electron chi connectivity index (χ4n) is 3.49. The molecule has 0 bridgehead atoms. The smallest absolute Gasteiger partial charge is 0.225 e. The first-order valence-corrected chi connectivity index (χ1v) is 9.63. The first-order valence-electron chi connectivity index (χ1n) is 8.64. The van der Waals surface area contributed by atoms with Crippen LogP contribution >= 0.6 is 11.8 Å². The van der Waals surface area contributed by atoms with Crippen molar-refractivity contribution in [1.29, 1.82) is 0 Å². The van der Waals surface area contributed by atoms with E-state index in [-0.39, 0.29) is 0 Å². The van der Waals surface area contributed by atoms with Crippen LogP contribution in [0.15, 0.2) is 17.4 Å². The molecule has 3 aliphatic heterocycles. The summed E-state index contributed by atoms with van der Waals surface area (Å²) < 4.78 is 11.2. The molecule has 0 saturated carbocycles. The fraction of sp³-hybridized carbons (Fsp3) is 0.278. The van der Waals surface area contributed by atoms with Gasteiger partial charge >= 0.3 is 0 Å². The highest BCUT2D eigenvalue weighted by Gasteiger charge is 2.29. The number of rotatable bonds is 3. The molecule has 0 amide bonds. The molecule has 5 rings (SSSR count). The van der Waals surface area contributed by atoms with E-state index in [2.05, 4.69) is 25.1 Å². The Bertz CT molecular complexity index is 1210. The number of nitrogen functional groups attached to an aromatic ring is 1. The van der Waals surface area contributed by atoms with Crippen LogP contribution in [-0.2, 0) is 6.54 Å². The third-order valence-corrected chi connectivity index (χ3v) is 5.61. The number of aryl methyl sites for hydroxylation is 1. The van der Waals surface area contributed by atoms with E-state index in [1.165, 1.54) is 11.8 Å². The number of ether oxygens (including phenoxy) is 2. The van der Waals surface area contributed by atoms with E-state index in [0.29, 0.717) is 35.2 Å². The number of pyridine rings is 1. The molecule has 0 fully saturated rings. The average molecular weight is 395 g/mol. The standard InChI is InChI=1S/C18H17N7O2S/c1-8-4-20-11(9(2)15(8)26-3)6-25-23-10-5-21-17-13-12(14(10)24-25)16(19)22-18(13)28-7-27-17/h4-5H,6-7,19H2,1-3H3. The number of nitrogens with zero attached hydrogens (tertiary/aromatic N) is 6. The molecule has 0 radical (unpaired) electrons. The van der Waals surface area contributed by atoms with E-state index in [4.69, 9.17) is 15.2 Å². The van der Waals surface area contributed by atoms with Crippen molar-refractivity contribution in [3.63, 3.8) is 0 Å². The Morgan fingerprint density at radius 1 is 1.21 bits per heavy atom. The highest BCUT2D eigenvalue weighted by molar-refractivity contribution is 7.99. The van der Waals surface area contributed by atoms with Gasteiger partial charge in [0.25, 0.3) is 0 Å². The summed E-state index contributed by atoms with van der Waals surface area (Å²) in [4.78, 5) is 15.0. The van der Waals surface area contributed by atoms with Crippen LogP contribution in [0.4, 0.5) is 5.82 Å². The largest absolute Gasteiger partial charge is 0.496 e. The molecule has 0 spiro atoms. The van der Waals surface area contributed by atoms with Crippen LogP contribution in [-0.4, -0.2) is 43.0 Å². The van der Waals surface area contributed by atoms with Crippen LogP contribution in [0.3, 0.4) is 0 Å². The molecule has 9 nitrogen and oxygen atoms in total. The third kappa shape index (κ3) is 2.44. The molecule has 142 valence electrons. The molecular weight excluding hydrogens is 378 g/mol. The lowest BCUT2D eigenvalue weighted by atomic mass is 10.1. The number of aromatic nitrogens is 6. The van der Waals surface area contributed by atoms with Gasteiger partial charge in [-0.3, -0.25) is 4.98 Å². The normalized spacial score (nSPS) is 13.1. The van der Waals surface area contributed by atoms with Gasteiger partial charge in [-0.15, -0.1) is 0 Å². The van der Waals surface area contributed by atoms with Crippen LogP contribution in [0, 0.1) is 13.8 Å². The molecule has 3 aliphatic rings. The molecule has 0 aromatic carbocycles. The van der Waals surface area contributed by atoms with E-state index in [1.54, 1.807) is 24.3 Å². The van der Waals surface area contributed by atoms with Crippen LogP contribution < -0.4 is 15.2 Å². The summed E-state index contributed by atoms with van der Waals surface area (Å²) in [6.07, 6.45) is 3.45. The Morgan fingerprint density at radius 3 is 2.89 bits per heavy atom. The van der Waals surface area contributed by atoms with Gasteiger partial charge in [0.15, 0.2) is 0 Å². The number of methoxy groups -OCH3 is 1. The second kappa shape index (κ2) is 6.20. The Hall–Kier alpha value is -3.14. The van der Waals surface area contributed by atoms with Crippen molar-refractivity contribution in [2.75, 3.05) is 18.8 Å². The summed E-state index contributed by atoms with van der Waals surface area (Å²) in [6.45, 7) is 4.35. The highest BCUT2D eigenvalue weighted by atomic mass is 32.2. The number of hydrogen-bond donors (Lipinski definition) is 1.